The highest BCUT2D eigenvalue weighted by Gasteiger charge is 2.15. The van der Waals surface area contributed by atoms with Crippen LogP contribution in [-0.2, 0) is 0 Å². The molecular weight excluding hydrogens is 258 g/mol. The van der Waals surface area contributed by atoms with Crippen LogP contribution in [0.3, 0.4) is 0 Å². The zero-order valence-electron chi connectivity index (χ0n) is 11.7. The predicted octanol–water partition coefficient (Wildman–Crippen LogP) is 2.31. The normalized spacial score (nSPS) is 10.3. The molecule has 0 atom stereocenters. The SMILES string of the molecule is CCNC(=O)c1cc(O)c2ccc(OC)c(OC)c2c1. The van der Waals surface area contributed by atoms with Gasteiger partial charge in [0, 0.05) is 22.9 Å². The zero-order valence-corrected chi connectivity index (χ0v) is 11.7. The fourth-order valence-electron chi connectivity index (χ4n) is 2.13. The van der Waals surface area contributed by atoms with Crippen molar-refractivity contribution in [1.82, 2.24) is 5.32 Å². The maximum absolute atomic E-state index is 11.9. The molecule has 0 heterocycles. The average Bonchev–Trinajstić information content (AvgIpc) is 2.46. The smallest absolute Gasteiger partial charge is 0.251 e. The van der Waals surface area contributed by atoms with Gasteiger partial charge in [0.25, 0.3) is 5.91 Å². The molecule has 0 aliphatic heterocycles. The van der Waals surface area contributed by atoms with Crippen molar-refractivity contribution in [2.45, 2.75) is 6.92 Å². The molecule has 0 aliphatic carbocycles. The Balaban J connectivity index is 2.69. The number of phenolic OH excluding ortho intramolecular Hbond substituents is 1. The Hall–Kier alpha value is -2.43. The quantitative estimate of drug-likeness (QED) is 0.898. The minimum absolute atomic E-state index is 0.0321. The van der Waals surface area contributed by atoms with Crippen LogP contribution in [0.15, 0.2) is 24.3 Å². The van der Waals surface area contributed by atoms with Gasteiger partial charge in [0.1, 0.15) is 5.75 Å². The number of nitrogens with one attached hydrogen (secondary N) is 1. The zero-order chi connectivity index (χ0) is 14.7. The summed E-state index contributed by atoms with van der Waals surface area (Å²) in [5.74, 6) is 0.832. The monoisotopic (exact) mass is 275 g/mol. The largest absolute Gasteiger partial charge is 0.507 e. The van der Waals surface area contributed by atoms with Crippen molar-refractivity contribution in [3.63, 3.8) is 0 Å². The van der Waals surface area contributed by atoms with Crippen LogP contribution in [0.1, 0.15) is 17.3 Å². The van der Waals surface area contributed by atoms with Gasteiger partial charge in [0.2, 0.25) is 0 Å². The van der Waals surface area contributed by atoms with Crippen LogP contribution in [0.25, 0.3) is 10.8 Å². The molecule has 20 heavy (non-hydrogen) atoms. The third-order valence-electron chi connectivity index (χ3n) is 3.05. The van der Waals surface area contributed by atoms with Crippen molar-refractivity contribution < 1.29 is 19.4 Å². The van der Waals surface area contributed by atoms with Crippen molar-refractivity contribution in [3.8, 4) is 17.2 Å². The molecular formula is C15H17NO4. The van der Waals surface area contributed by atoms with E-state index in [1.165, 1.54) is 20.3 Å². The molecule has 2 aromatic rings. The lowest BCUT2D eigenvalue weighted by molar-refractivity contribution is 0.0955. The Morgan fingerprint density at radius 3 is 2.55 bits per heavy atom. The Morgan fingerprint density at radius 2 is 1.95 bits per heavy atom. The highest BCUT2D eigenvalue weighted by atomic mass is 16.5. The fourth-order valence-corrected chi connectivity index (χ4v) is 2.13. The van der Waals surface area contributed by atoms with E-state index < -0.39 is 0 Å². The van der Waals surface area contributed by atoms with Crippen molar-refractivity contribution in [3.05, 3.63) is 29.8 Å². The Morgan fingerprint density at radius 1 is 1.20 bits per heavy atom. The van der Waals surface area contributed by atoms with Crippen molar-refractivity contribution >= 4 is 16.7 Å². The number of phenols is 1. The van der Waals surface area contributed by atoms with Crippen LogP contribution >= 0.6 is 0 Å². The van der Waals surface area contributed by atoms with E-state index in [0.717, 1.165) is 0 Å². The van der Waals surface area contributed by atoms with E-state index in [0.29, 0.717) is 34.4 Å². The van der Waals surface area contributed by atoms with Gasteiger partial charge in [0.15, 0.2) is 11.5 Å². The van der Waals surface area contributed by atoms with E-state index in [2.05, 4.69) is 5.32 Å². The Bertz CT molecular complexity index is 652. The van der Waals surface area contributed by atoms with Gasteiger partial charge >= 0.3 is 0 Å². The van der Waals surface area contributed by atoms with Gasteiger partial charge < -0.3 is 19.9 Å². The average molecular weight is 275 g/mol. The van der Waals surface area contributed by atoms with E-state index in [4.69, 9.17) is 9.47 Å². The van der Waals surface area contributed by atoms with Crippen LogP contribution in [0.5, 0.6) is 17.2 Å². The Kier molecular flexibility index (Phi) is 3.98. The number of rotatable bonds is 4. The predicted molar refractivity (Wildman–Crippen MR) is 76.7 cm³/mol. The summed E-state index contributed by atoms with van der Waals surface area (Å²) in [7, 11) is 3.06. The summed E-state index contributed by atoms with van der Waals surface area (Å²) in [6.07, 6.45) is 0. The highest BCUT2D eigenvalue weighted by molar-refractivity contribution is 6.03. The van der Waals surface area contributed by atoms with E-state index >= 15 is 0 Å². The standard InChI is InChI=1S/C15H17NO4/c1-4-16-15(18)9-7-11-10(12(17)8-9)5-6-13(19-2)14(11)20-3/h5-8,17H,4H2,1-3H3,(H,16,18). The topological polar surface area (TPSA) is 67.8 Å². The van der Waals surface area contributed by atoms with E-state index in [1.807, 2.05) is 6.92 Å². The summed E-state index contributed by atoms with van der Waals surface area (Å²) >= 11 is 0. The number of amides is 1. The van der Waals surface area contributed by atoms with Gasteiger partial charge in [-0.1, -0.05) is 0 Å². The summed E-state index contributed by atoms with van der Waals surface area (Å²) in [4.78, 5) is 11.9. The molecule has 0 radical (unpaired) electrons. The van der Waals surface area contributed by atoms with Crippen LogP contribution < -0.4 is 14.8 Å². The molecule has 1 amide bonds. The van der Waals surface area contributed by atoms with Gasteiger partial charge in [0.05, 0.1) is 14.2 Å². The number of hydrogen-bond donors (Lipinski definition) is 2. The van der Waals surface area contributed by atoms with E-state index in [1.54, 1.807) is 18.2 Å². The fraction of sp³-hybridized carbons (Fsp3) is 0.267. The second-order valence-corrected chi connectivity index (χ2v) is 4.25. The van der Waals surface area contributed by atoms with Crippen molar-refractivity contribution in [2.75, 3.05) is 20.8 Å². The number of hydrogen-bond acceptors (Lipinski definition) is 4. The third kappa shape index (κ3) is 2.34. The number of carbonyl (C=O) groups is 1. The molecule has 2 aromatic carbocycles. The first-order valence-electron chi connectivity index (χ1n) is 6.28. The lowest BCUT2D eigenvalue weighted by atomic mass is 10.0. The molecule has 0 aliphatic rings. The van der Waals surface area contributed by atoms with Crippen molar-refractivity contribution in [2.24, 2.45) is 0 Å². The number of methoxy groups -OCH3 is 2. The lowest BCUT2D eigenvalue weighted by Gasteiger charge is -2.13. The highest BCUT2D eigenvalue weighted by Crippen LogP contribution is 2.39. The molecule has 0 saturated carbocycles. The summed E-state index contributed by atoms with van der Waals surface area (Å²) in [5, 5.41) is 14.0. The van der Waals surface area contributed by atoms with Gasteiger partial charge in [-0.25, -0.2) is 0 Å². The number of benzene rings is 2. The molecule has 5 heteroatoms. The molecule has 0 spiro atoms. The number of carbonyl (C=O) groups excluding carboxylic acids is 1. The van der Waals surface area contributed by atoms with E-state index in [9.17, 15) is 9.90 Å². The van der Waals surface area contributed by atoms with Gasteiger partial charge in [-0.05, 0) is 31.2 Å². The van der Waals surface area contributed by atoms with Crippen molar-refractivity contribution in [1.29, 1.82) is 0 Å². The first-order chi connectivity index (χ1) is 9.62. The minimum Gasteiger partial charge on any atom is -0.507 e. The number of aromatic hydroxyl groups is 1. The molecule has 5 nitrogen and oxygen atoms in total. The minimum atomic E-state index is -0.241. The molecule has 0 unspecified atom stereocenters. The molecule has 0 aromatic heterocycles. The Labute approximate surface area is 117 Å². The maximum Gasteiger partial charge on any atom is 0.251 e. The molecule has 0 fully saturated rings. The molecule has 2 rings (SSSR count). The van der Waals surface area contributed by atoms with Crippen LogP contribution in [-0.4, -0.2) is 31.8 Å². The first kappa shape index (κ1) is 14.0. The molecule has 0 bridgehead atoms. The molecule has 0 saturated heterocycles. The maximum atomic E-state index is 11.9. The summed E-state index contributed by atoms with van der Waals surface area (Å²) in [5.41, 5.74) is 0.378. The van der Waals surface area contributed by atoms with Crippen LogP contribution in [0, 0.1) is 0 Å². The van der Waals surface area contributed by atoms with Crippen LogP contribution in [0.4, 0.5) is 0 Å². The third-order valence-corrected chi connectivity index (χ3v) is 3.05. The van der Waals surface area contributed by atoms with Gasteiger partial charge in [-0.3, -0.25) is 4.79 Å². The van der Waals surface area contributed by atoms with Crippen LogP contribution in [0.2, 0.25) is 0 Å². The second kappa shape index (κ2) is 5.69. The van der Waals surface area contributed by atoms with Gasteiger partial charge in [-0.15, -0.1) is 0 Å². The summed E-state index contributed by atoms with van der Waals surface area (Å²) in [6.45, 7) is 2.36. The summed E-state index contributed by atoms with van der Waals surface area (Å²) in [6, 6.07) is 6.57. The second-order valence-electron chi connectivity index (χ2n) is 4.25. The molecule has 106 valence electrons. The first-order valence-corrected chi connectivity index (χ1v) is 6.28. The number of fused-ring (bicyclic) bond motifs is 1. The molecule has 2 N–H and O–H groups in total. The van der Waals surface area contributed by atoms with E-state index in [-0.39, 0.29) is 11.7 Å². The lowest BCUT2D eigenvalue weighted by Crippen LogP contribution is -2.22. The number of ether oxygens (including phenoxy) is 2. The summed E-state index contributed by atoms with van der Waals surface area (Å²) < 4.78 is 10.6. The van der Waals surface area contributed by atoms with Gasteiger partial charge in [-0.2, -0.15) is 0 Å².